The lowest BCUT2D eigenvalue weighted by Gasteiger charge is -2.20. The van der Waals surface area contributed by atoms with E-state index >= 15 is 0 Å². The highest BCUT2D eigenvalue weighted by Gasteiger charge is 2.33. The van der Waals surface area contributed by atoms with Gasteiger partial charge < -0.3 is 14.9 Å². The minimum absolute atomic E-state index is 0.266. The molecule has 0 radical (unpaired) electrons. The number of benzene rings is 1. The number of aliphatic hydroxyl groups is 1. The molecular formula is C15H16N2O2S. The standard InChI is InChI=1S/C15H16N2O2S/c1-16(9-11-4-3-7-20-11)10-5-6-12-13(8-10)17(2)15(19)14(12)18/h3-8,14,18H,9H2,1-2H3. The Morgan fingerprint density at radius 1 is 1.40 bits per heavy atom. The van der Waals surface area contributed by atoms with Crippen LogP contribution < -0.4 is 9.80 Å². The second kappa shape index (κ2) is 4.92. The number of amides is 1. The quantitative estimate of drug-likeness (QED) is 0.943. The van der Waals surface area contributed by atoms with Gasteiger partial charge in [0.25, 0.3) is 5.91 Å². The van der Waals surface area contributed by atoms with Crippen LogP contribution >= 0.6 is 11.3 Å². The van der Waals surface area contributed by atoms with Crippen LogP contribution in [0.5, 0.6) is 0 Å². The molecule has 4 nitrogen and oxygen atoms in total. The number of hydrogen-bond acceptors (Lipinski definition) is 4. The van der Waals surface area contributed by atoms with E-state index in [9.17, 15) is 9.90 Å². The first-order valence-electron chi connectivity index (χ1n) is 6.41. The van der Waals surface area contributed by atoms with Crippen molar-refractivity contribution >= 4 is 28.6 Å². The number of thiophene rings is 1. The highest BCUT2D eigenvalue weighted by molar-refractivity contribution is 7.09. The Balaban J connectivity index is 1.88. The first-order chi connectivity index (χ1) is 9.58. The molecule has 0 saturated carbocycles. The summed E-state index contributed by atoms with van der Waals surface area (Å²) in [6.45, 7) is 0.830. The van der Waals surface area contributed by atoms with Crippen molar-refractivity contribution in [2.75, 3.05) is 23.9 Å². The SMILES string of the molecule is CN(Cc1cccs1)c1ccc2c(c1)N(C)C(=O)C2O. The molecule has 5 heteroatoms. The second-order valence-corrected chi connectivity index (χ2v) is 6.01. The van der Waals surface area contributed by atoms with Gasteiger partial charge in [-0.15, -0.1) is 11.3 Å². The molecule has 1 atom stereocenters. The first kappa shape index (κ1) is 13.1. The molecule has 0 bridgehead atoms. The number of carbonyl (C=O) groups is 1. The van der Waals surface area contributed by atoms with Gasteiger partial charge >= 0.3 is 0 Å². The van der Waals surface area contributed by atoms with Crippen LogP contribution in [0.25, 0.3) is 0 Å². The Morgan fingerprint density at radius 2 is 2.20 bits per heavy atom. The zero-order valence-electron chi connectivity index (χ0n) is 11.4. The summed E-state index contributed by atoms with van der Waals surface area (Å²) in [5.41, 5.74) is 2.51. The highest BCUT2D eigenvalue weighted by atomic mass is 32.1. The van der Waals surface area contributed by atoms with Gasteiger partial charge in [0.05, 0.1) is 12.2 Å². The van der Waals surface area contributed by atoms with Crippen LogP contribution in [0, 0.1) is 0 Å². The third kappa shape index (κ3) is 2.09. The van der Waals surface area contributed by atoms with Crippen molar-refractivity contribution < 1.29 is 9.90 Å². The molecule has 3 rings (SSSR count). The van der Waals surface area contributed by atoms with Crippen LogP contribution in [0.4, 0.5) is 11.4 Å². The molecule has 2 heterocycles. The summed E-state index contributed by atoms with van der Waals surface area (Å²) < 4.78 is 0. The normalized spacial score (nSPS) is 17.4. The van der Waals surface area contributed by atoms with E-state index < -0.39 is 6.10 Å². The van der Waals surface area contributed by atoms with Crippen LogP contribution in [-0.4, -0.2) is 25.1 Å². The van der Waals surface area contributed by atoms with Gasteiger partial charge in [0, 0.05) is 30.2 Å². The molecule has 0 fully saturated rings. The number of hydrogen-bond donors (Lipinski definition) is 1. The van der Waals surface area contributed by atoms with Crippen molar-refractivity contribution in [1.29, 1.82) is 0 Å². The number of fused-ring (bicyclic) bond motifs is 1. The molecule has 1 aliphatic heterocycles. The zero-order valence-corrected chi connectivity index (χ0v) is 12.2. The fourth-order valence-corrected chi connectivity index (χ4v) is 3.21. The second-order valence-electron chi connectivity index (χ2n) is 4.98. The van der Waals surface area contributed by atoms with Gasteiger partial charge in [0.2, 0.25) is 0 Å². The van der Waals surface area contributed by atoms with E-state index in [1.54, 1.807) is 18.4 Å². The Morgan fingerprint density at radius 3 is 2.90 bits per heavy atom. The summed E-state index contributed by atoms with van der Waals surface area (Å²) >= 11 is 1.73. The number of rotatable bonds is 3. The predicted molar refractivity (Wildman–Crippen MR) is 81.2 cm³/mol. The third-order valence-corrected chi connectivity index (χ3v) is 4.51. The maximum absolute atomic E-state index is 11.8. The fraction of sp³-hybridized carbons (Fsp3) is 0.267. The number of aliphatic hydroxyl groups excluding tert-OH is 1. The van der Waals surface area contributed by atoms with Crippen LogP contribution in [0.3, 0.4) is 0 Å². The average molecular weight is 288 g/mol. The molecule has 2 aromatic rings. The van der Waals surface area contributed by atoms with E-state index in [2.05, 4.69) is 16.3 Å². The first-order valence-corrected chi connectivity index (χ1v) is 7.29. The van der Waals surface area contributed by atoms with E-state index in [1.165, 1.54) is 9.78 Å². The molecular weight excluding hydrogens is 272 g/mol. The summed E-state index contributed by atoms with van der Waals surface area (Å²) in [7, 11) is 3.72. The largest absolute Gasteiger partial charge is 0.378 e. The summed E-state index contributed by atoms with van der Waals surface area (Å²) in [5, 5.41) is 11.9. The van der Waals surface area contributed by atoms with Gasteiger partial charge in [0.1, 0.15) is 0 Å². The van der Waals surface area contributed by atoms with Crippen LogP contribution in [-0.2, 0) is 11.3 Å². The Kier molecular flexibility index (Phi) is 3.23. The maximum Gasteiger partial charge on any atom is 0.260 e. The predicted octanol–water partition coefficient (Wildman–Crippen LogP) is 2.39. The minimum Gasteiger partial charge on any atom is -0.378 e. The highest BCUT2D eigenvalue weighted by Crippen LogP contribution is 2.37. The van der Waals surface area contributed by atoms with E-state index in [0.717, 1.165) is 17.9 Å². The maximum atomic E-state index is 11.8. The average Bonchev–Trinajstić information content (AvgIpc) is 3.03. The summed E-state index contributed by atoms with van der Waals surface area (Å²) in [6, 6.07) is 9.88. The number of carbonyl (C=O) groups excluding carboxylic acids is 1. The van der Waals surface area contributed by atoms with E-state index in [4.69, 9.17) is 0 Å². The van der Waals surface area contributed by atoms with Gasteiger partial charge in [-0.1, -0.05) is 12.1 Å². The Hall–Kier alpha value is -1.85. The molecule has 1 aliphatic rings. The fourth-order valence-electron chi connectivity index (χ4n) is 2.45. The molecule has 20 heavy (non-hydrogen) atoms. The summed E-state index contributed by atoms with van der Waals surface area (Å²) in [5.74, 6) is -0.266. The number of anilines is 2. The van der Waals surface area contributed by atoms with E-state index in [1.807, 2.05) is 31.3 Å². The molecule has 0 spiro atoms. The van der Waals surface area contributed by atoms with Crippen molar-refractivity contribution in [3.8, 4) is 0 Å². The van der Waals surface area contributed by atoms with E-state index in [-0.39, 0.29) is 5.91 Å². The lowest BCUT2D eigenvalue weighted by Crippen LogP contribution is -2.23. The van der Waals surface area contributed by atoms with Crippen molar-refractivity contribution in [3.63, 3.8) is 0 Å². The van der Waals surface area contributed by atoms with Crippen molar-refractivity contribution in [2.45, 2.75) is 12.6 Å². The van der Waals surface area contributed by atoms with Crippen LogP contribution in [0.15, 0.2) is 35.7 Å². The molecule has 1 unspecified atom stereocenters. The molecule has 1 N–H and O–H groups in total. The number of likely N-dealkylation sites (N-methyl/N-ethyl adjacent to an activating group) is 1. The molecule has 0 saturated heterocycles. The minimum atomic E-state index is -1.02. The van der Waals surface area contributed by atoms with Crippen molar-refractivity contribution in [1.82, 2.24) is 0 Å². The van der Waals surface area contributed by atoms with Crippen LogP contribution in [0.1, 0.15) is 16.5 Å². The van der Waals surface area contributed by atoms with Gasteiger partial charge in [-0.05, 0) is 23.6 Å². The smallest absolute Gasteiger partial charge is 0.260 e. The molecule has 1 aromatic carbocycles. The molecule has 1 amide bonds. The topological polar surface area (TPSA) is 43.8 Å². The molecule has 1 aromatic heterocycles. The summed E-state index contributed by atoms with van der Waals surface area (Å²) in [6.07, 6.45) is -1.02. The van der Waals surface area contributed by atoms with Crippen molar-refractivity contribution in [2.24, 2.45) is 0 Å². The molecule has 104 valence electrons. The van der Waals surface area contributed by atoms with E-state index in [0.29, 0.717) is 5.56 Å². The lowest BCUT2D eigenvalue weighted by molar-refractivity contribution is -0.125. The lowest BCUT2D eigenvalue weighted by atomic mass is 10.1. The number of nitrogens with zero attached hydrogens (tertiary/aromatic N) is 2. The van der Waals surface area contributed by atoms with Crippen molar-refractivity contribution in [3.05, 3.63) is 46.2 Å². The summed E-state index contributed by atoms with van der Waals surface area (Å²) in [4.78, 5) is 16.7. The zero-order chi connectivity index (χ0) is 14.3. The van der Waals surface area contributed by atoms with Crippen LogP contribution in [0.2, 0.25) is 0 Å². The van der Waals surface area contributed by atoms with Gasteiger partial charge in [0.15, 0.2) is 6.10 Å². The monoisotopic (exact) mass is 288 g/mol. The Bertz CT molecular complexity index is 639. The van der Waals surface area contributed by atoms with Gasteiger partial charge in [-0.25, -0.2) is 0 Å². The Labute approximate surface area is 121 Å². The van der Waals surface area contributed by atoms with Gasteiger partial charge in [-0.3, -0.25) is 4.79 Å². The third-order valence-electron chi connectivity index (χ3n) is 3.65. The molecule has 0 aliphatic carbocycles. The van der Waals surface area contributed by atoms with Gasteiger partial charge in [-0.2, -0.15) is 0 Å².